The highest BCUT2D eigenvalue weighted by Crippen LogP contribution is 2.40. The van der Waals surface area contributed by atoms with Crippen LogP contribution in [0.2, 0.25) is 5.02 Å². The molecule has 0 unspecified atom stereocenters. The highest BCUT2D eigenvalue weighted by molar-refractivity contribution is 6.35. The van der Waals surface area contributed by atoms with Crippen molar-refractivity contribution in [1.29, 1.82) is 0 Å². The van der Waals surface area contributed by atoms with Crippen molar-refractivity contribution in [3.8, 4) is 0 Å². The molecule has 0 aliphatic carbocycles. The van der Waals surface area contributed by atoms with Crippen molar-refractivity contribution < 1.29 is 18.0 Å². The summed E-state index contributed by atoms with van der Waals surface area (Å²) in [6, 6.07) is 7.83. The fourth-order valence-electron chi connectivity index (χ4n) is 2.68. The van der Waals surface area contributed by atoms with Crippen LogP contribution in [0.4, 0.5) is 13.2 Å². The number of hydrazine groups is 1. The van der Waals surface area contributed by atoms with E-state index in [9.17, 15) is 18.0 Å². The minimum absolute atomic E-state index is 0.00740. The fraction of sp³-hybridized carbons (Fsp3) is 0.267. The summed E-state index contributed by atoms with van der Waals surface area (Å²) in [5.41, 5.74) is 2.27. The zero-order valence-electron chi connectivity index (χ0n) is 11.3. The molecule has 3 rings (SSSR count). The van der Waals surface area contributed by atoms with E-state index in [2.05, 4.69) is 5.43 Å². The molecule has 1 aliphatic heterocycles. The number of benzene rings is 2. The molecule has 1 amide bonds. The molecule has 3 nitrogen and oxygen atoms in total. The van der Waals surface area contributed by atoms with Crippen LogP contribution in [-0.4, -0.2) is 23.6 Å². The van der Waals surface area contributed by atoms with Crippen molar-refractivity contribution >= 4 is 28.3 Å². The second kappa shape index (κ2) is 5.44. The second-order valence-corrected chi connectivity index (χ2v) is 5.55. The molecule has 1 fully saturated rings. The Kier molecular flexibility index (Phi) is 3.74. The molecule has 1 atom stereocenters. The van der Waals surface area contributed by atoms with Crippen LogP contribution >= 0.6 is 11.6 Å². The van der Waals surface area contributed by atoms with Crippen LogP contribution in [0.3, 0.4) is 0 Å². The van der Waals surface area contributed by atoms with Crippen molar-refractivity contribution in [2.24, 2.45) is 0 Å². The molecular weight excluding hydrogens is 317 g/mol. The molecule has 2 aromatic carbocycles. The number of carbonyl (C=O) groups is 1. The minimum Gasteiger partial charge on any atom is -0.288 e. The minimum atomic E-state index is -4.52. The van der Waals surface area contributed by atoms with E-state index in [1.54, 1.807) is 24.3 Å². The van der Waals surface area contributed by atoms with Gasteiger partial charge >= 0.3 is 6.18 Å². The van der Waals surface area contributed by atoms with Gasteiger partial charge in [-0.15, -0.1) is 0 Å². The van der Waals surface area contributed by atoms with Crippen LogP contribution in [0, 0.1) is 0 Å². The molecule has 0 bridgehead atoms. The monoisotopic (exact) mass is 328 g/mol. The summed E-state index contributed by atoms with van der Waals surface area (Å²) in [7, 11) is 0. The van der Waals surface area contributed by atoms with Crippen molar-refractivity contribution in [1.82, 2.24) is 10.4 Å². The lowest BCUT2D eigenvalue weighted by molar-refractivity contribution is -0.191. The predicted octanol–water partition coefficient (Wildman–Crippen LogP) is 3.83. The molecule has 1 N–H and O–H groups in total. The van der Waals surface area contributed by atoms with Gasteiger partial charge in [-0.25, -0.2) is 5.01 Å². The van der Waals surface area contributed by atoms with E-state index in [0.717, 1.165) is 5.01 Å². The molecule has 0 aromatic heterocycles. The number of alkyl halides is 3. The van der Waals surface area contributed by atoms with Gasteiger partial charge in [-0.3, -0.25) is 10.2 Å². The zero-order chi connectivity index (χ0) is 15.9. The number of nitrogens with one attached hydrogen (secondary N) is 1. The molecule has 116 valence electrons. The molecule has 1 aliphatic rings. The van der Waals surface area contributed by atoms with Gasteiger partial charge in [0.1, 0.15) is 6.04 Å². The van der Waals surface area contributed by atoms with Crippen LogP contribution in [0.5, 0.6) is 0 Å². The zero-order valence-corrected chi connectivity index (χ0v) is 12.1. The van der Waals surface area contributed by atoms with Gasteiger partial charge in [0.25, 0.3) is 0 Å². The summed E-state index contributed by atoms with van der Waals surface area (Å²) in [5.74, 6) is -0.416. The molecule has 1 saturated heterocycles. The fourth-order valence-corrected chi connectivity index (χ4v) is 2.97. The topological polar surface area (TPSA) is 32.3 Å². The number of rotatable bonds is 2. The van der Waals surface area contributed by atoms with E-state index in [1.165, 1.54) is 12.1 Å². The third-order valence-electron chi connectivity index (χ3n) is 3.62. The van der Waals surface area contributed by atoms with Gasteiger partial charge in [-0.05, 0) is 23.1 Å². The lowest BCUT2D eigenvalue weighted by atomic mass is 10.0. The lowest BCUT2D eigenvalue weighted by Gasteiger charge is -2.29. The number of fused-ring (bicyclic) bond motifs is 1. The smallest absolute Gasteiger partial charge is 0.288 e. The second-order valence-electron chi connectivity index (χ2n) is 5.15. The van der Waals surface area contributed by atoms with E-state index in [0.29, 0.717) is 10.8 Å². The molecule has 0 radical (unpaired) electrons. The van der Waals surface area contributed by atoms with Gasteiger partial charge in [-0.2, -0.15) is 13.2 Å². The van der Waals surface area contributed by atoms with Gasteiger partial charge < -0.3 is 0 Å². The predicted molar refractivity (Wildman–Crippen MR) is 77.2 cm³/mol. The van der Waals surface area contributed by atoms with Gasteiger partial charge in [0, 0.05) is 23.4 Å². The maximum atomic E-state index is 13.5. The quantitative estimate of drug-likeness (QED) is 0.908. The van der Waals surface area contributed by atoms with E-state index in [4.69, 9.17) is 11.6 Å². The summed E-state index contributed by atoms with van der Waals surface area (Å²) in [5, 5.41) is 2.50. The number of nitrogens with zero attached hydrogens (tertiary/aromatic N) is 1. The van der Waals surface area contributed by atoms with E-state index in [1.807, 2.05) is 0 Å². The van der Waals surface area contributed by atoms with Gasteiger partial charge in [0.05, 0.1) is 0 Å². The molecule has 0 spiro atoms. The Bertz CT molecular complexity index is 732. The summed E-state index contributed by atoms with van der Waals surface area (Å²) < 4.78 is 40.4. The first-order chi connectivity index (χ1) is 10.4. The molecule has 0 saturated carbocycles. The van der Waals surface area contributed by atoms with E-state index >= 15 is 0 Å². The Morgan fingerprint density at radius 3 is 2.59 bits per heavy atom. The van der Waals surface area contributed by atoms with E-state index in [-0.39, 0.29) is 23.6 Å². The van der Waals surface area contributed by atoms with Crippen LogP contribution in [-0.2, 0) is 4.79 Å². The standard InChI is InChI=1S/C15H12ClF3N2O/c16-12-8-10(7-9-3-1-2-4-11(9)12)14(15(17,18)19)21-6-5-13(22)20-21/h1-4,7-8,14H,5-6H2,(H,20,22)/t14-/m0/s1. The Morgan fingerprint density at radius 2 is 1.95 bits per heavy atom. The average molecular weight is 329 g/mol. The molecular formula is C15H12ClF3N2O. The molecule has 22 heavy (non-hydrogen) atoms. The Hall–Kier alpha value is -1.79. The summed E-state index contributed by atoms with van der Waals surface area (Å²) in [4.78, 5) is 11.2. The third-order valence-corrected chi connectivity index (χ3v) is 3.93. The van der Waals surface area contributed by atoms with Crippen molar-refractivity contribution in [2.75, 3.05) is 6.54 Å². The average Bonchev–Trinajstić information content (AvgIpc) is 2.83. The normalized spacial score (nSPS) is 17.7. The maximum Gasteiger partial charge on any atom is 0.409 e. The third kappa shape index (κ3) is 2.76. The maximum absolute atomic E-state index is 13.5. The first-order valence-electron chi connectivity index (χ1n) is 6.67. The lowest BCUT2D eigenvalue weighted by Crippen LogP contribution is -2.43. The Morgan fingerprint density at radius 1 is 1.23 bits per heavy atom. The molecule has 7 heteroatoms. The first-order valence-corrected chi connectivity index (χ1v) is 7.05. The van der Waals surface area contributed by atoms with Gasteiger partial charge in [-0.1, -0.05) is 35.9 Å². The number of amides is 1. The summed E-state index contributed by atoms with van der Waals surface area (Å²) in [6.45, 7) is 0.00740. The molecule has 1 heterocycles. The number of halogens is 4. The van der Waals surface area contributed by atoms with Gasteiger partial charge in [0.2, 0.25) is 5.91 Å². The van der Waals surface area contributed by atoms with Crippen molar-refractivity contribution in [2.45, 2.75) is 18.6 Å². The SMILES string of the molecule is O=C1CCN([C@@H](c2cc(Cl)c3ccccc3c2)C(F)(F)F)N1. The first kappa shape index (κ1) is 15.1. The Balaban J connectivity index is 2.10. The van der Waals surface area contributed by atoms with Crippen molar-refractivity contribution in [3.05, 3.63) is 47.0 Å². The van der Waals surface area contributed by atoms with Crippen LogP contribution in [0.15, 0.2) is 36.4 Å². The summed E-state index contributed by atoms with van der Waals surface area (Å²) in [6.07, 6.45) is -4.47. The highest BCUT2D eigenvalue weighted by atomic mass is 35.5. The number of hydrogen-bond donors (Lipinski definition) is 1. The molecule has 2 aromatic rings. The number of carbonyl (C=O) groups excluding carboxylic acids is 1. The van der Waals surface area contributed by atoms with Crippen LogP contribution in [0.1, 0.15) is 18.0 Å². The number of hydrogen-bond acceptors (Lipinski definition) is 2. The van der Waals surface area contributed by atoms with Crippen molar-refractivity contribution in [3.63, 3.8) is 0 Å². The largest absolute Gasteiger partial charge is 0.409 e. The van der Waals surface area contributed by atoms with Gasteiger partial charge in [0.15, 0.2) is 0 Å². The summed E-state index contributed by atoms with van der Waals surface area (Å²) >= 11 is 6.12. The van der Waals surface area contributed by atoms with E-state index < -0.39 is 18.1 Å². The highest BCUT2D eigenvalue weighted by Gasteiger charge is 2.47. The Labute approximate surface area is 129 Å². The van der Waals surface area contributed by atoms with Crippen LogP contribution < -0.4 is 5.43 Å². The van der Waals surface area contributed by atoms with Crippen LogP contribution in [0.25, 0.3) is 10.8 Å².